The molecule has 1 aliphatic rings. The second kappa shape index (κ2) is 5.24. The molecule has 1 unspecified atom stereocenters. The van der Waals surface area contributed by atoms with Crippen LogP contribution in [0.5, 0.6) is 0 Å². The van der Waals surface area contributed by atoms with E-state index in [4.69, 9.17) is 0 Å². The molecular formula is C18H20N2O. The molecule has 0 radical (unpaired) electrons. The van der Waals surface area contributed by atoms with Gasteiger partial charge in [-0.25, -0.2) is 0 Å². The standard InChI is InChI=1S/C18H20N2O/c1-3-18(2)19-16-12-8-7-11-15(16)17(21)20(18)13-14-9-5-4-6-10-14/h4-12,19H,3,13H2,1-2H3. The molecule has 1 atom stereocenters. The fourth-order valence-electron chi connectivity index (χ4n) is 2.80. The minimum absolute atomic E-state index is 0.0950. The zero-order valence-corrected chi connectivity index (χ0v) is 12.5. The van der Waals surface area contributed by atoms with Crippen molar-refractivity contribution in [1.82, 2.24) is 4.90 Å². The van der Waals surface area contributed by atoms with Gasteiger partial charge in [-0.2, -0.15) is 0 Å². The molecule has 0 fully saturated rings. The largest absolute Gasteiger partial charge is 0.362 e. The lowest BCUT2D eigenvalue weighted by Crippen LogP contribution is -2.57. The molecule has 0 aliphatic carbocycles. The van der Waals surface area contributed by atoms with Gasteiger partial charge in [-0.05, 0) is 31.0 Å². The summed E-state index contributed by atoms with van der Waals surface area (Å²) in [5.74, 6) is 0.0950. The van der Waals surface area contributed by atoms with Crippen molar-refractivity contribution in [2.45, 2.75) is 32.5 Å². The van der Waals surface area contributed by atoms with Crippen LogP contribution < -0.4 is 5.32 Å². The first-order chi connectivity index (χ1) is 10.1. The lowest BCUT2D eigenvalue weighted by molar-refractivity contribution is 0.0507. The van der Waals surface area contributed by atoms with Crippen LogP contribution >= 0.6 is 0 Å². The van der Waals surface area contributed by atoms with E-state index in [-0.39, 0.29) is 11.6 Å². The van der Waals surface area contributed by atoms with Gasteiger partial charge in [0, 0.05) is 12.2 Å². The third kappa shape index (κ3) is 2.40. The van der Waals surface area contributed by atoms with E-state index in [1.54, 1.807) is 0 Å². The number of nitrogens with one attached hydrogen (secondary N) is 1. The maximum absolute atomic E-state index is 12.9. The first-order valence-electron chi connectivity index (χ1n) is 7.37. The third-order valence-corrected chi connectivity index (χ3v) is 4.27. The van der Waals surface area contributed by atoms with Gasteiger partial charge in [0.05, 0.1) is 5.56 Å². The molecule has 21 heavy (non-hydrogen) atoms. The first kappa shape index (κ1) is 13.7. The van der Waals surface area contributed by atoms with E-state index in [0.717, 1.165) is 23.2 Å². The molecule has 0 bridgehead atoms. The van der Waals surface area contributed by atoms with Crippen LogP contribution in [0.4, 0.5) is 5.69 Å². The van der Waals surface area contributed by atoms with Crippen molar-refractivity contribution in [3.8, 4) is 0 Å². The number of hydrogen-bond donors (Lipinski definition) is 1. The van der Waals surface area contributed by atoms with Gasteiger partial charge >= 0.3 is 0 Å². The lowest BCUT2D eigenvalue weighted by Gasteiger charge is -2.46. The van der Waals surface area contributed by atoms with Crippen molar-refractivity contribution in [2.75, 3.05) is 5.32 Å². The quantitative estimate of drug-likeness (QED) is 0.925. The highest BCUT2D eigenvalue weighted by Crippen LogP contribution is 2.33. The van der Waals surface area contributed by atoms with Gasteiger partial charge in [-0.15, -0.1) is 0 Å². The molecule has 0 spiro atoms. The van der Waals surface area contributed by atoms with E-state index >= 15 is 0 Å². The van der Waals surface area contributed by atoms with Gasteiger partial charge in [-0.1, -0.05) is 49.4 Å². The Bertz CT molecular complexity index is 653. The Morgan fingerprint density at radius 3 is 2.43 bits per heavy atom. The number of nitrogens with zero attached hydrogens (tertiary/aromatic N) is 1. The Hall–Kier alpha value is -2.29. The fraction of sp³-hybridized carbons (Fsp3) is 0.278. The summed E-state index contributed by atoms with van der Waals surface area (Å²) in [5, 5.41) is 3.53. The van der Waals surface area contributed by atoms with Crippen molar-refractivity contribution >= 4 is 11.6 Å². The Labute approximate surface area is 125 Å². The molecule has 3 heteroatoms. The fourth-order valence-corrected chi connectivity index (χ4v) is 2.80. The van der Waals surface area contributed by atoms with Gasteiger partial charge in [0.2, 0.25) is 0 Å². The molecule has 1 heterocycles. The SMILES string of the molecule is CCC1(C)Nc2ccccc2C(=O)N1Cc1ccccc1. The van der Waals surface area contributed by atoms with Crippen LogP contribution in [0.3, 0.4) is 0 Å². The summed E-state index contributed by atoms with van der Waals surface area (Å²) in [7, 11) is 0. The summed E-state index contributed by atoms with van der Waals surface area (Å²) in [6.45, 7) is 4.81. The molecule has 108 valence electrons. The van der Waals surface area contributed by atoms with Crippen LogP contribution in [0.2, 0.25) is 0 Å². The Balaban J connectivity index is 1.99. The minimum atomic E-state index is -0.360. The first-order valence-corrected chi connectivity index (χ1v) is 7.37. The molecule has 2 aromatic carbocycles. The van der Waals surface area contributed by atoms with E-state index < -0.39 is 0 Å². The van der Waals surface area contributed by atoms with Crippen molar-refractivity contribution in [3.05, 3.63) is 65.7 Å². The maximum atomic E-state index is 12.9. The summed E-state index contributed by atoms with van der Waals surface area (Å²) in [6.07, 6.45) is 0.847. The van der Waals surface area contributed by atoms with E-state index in [1.165, 1.54) is 0 Å². The number of fused-ring (bicyclic) bond motifs is 1. The monoisotopic (exact) mass is 280 g/mol. The number of rotatable bonds is 3. The van der Waals surface area contributed by atoms with E-state index in [2.05, 4.69) is 31.3 Å². The Morgan fingerprint density at radius 2 is 1.71 bits per heavy atom. The molecular weight excluding hydrogens is 260 g/mol. The van der Waals surface area contributed by atoms with Crippen molar-refractivity contribution in [1.29, 1.82) is 0 Å². The molecule has 3 rings (SSSR count). The summed E-state index contributed by atoms with van der Waals surface area (Å²) in [4.78, 5) is 14.8. The number of carbonyl (C=O) groups excluding carboxylic acids is 1. The maximum Gasteiger partial charge on any atom is 0.258 e. The van der Waals surface area contributed by atoms with Crippen molar-refractivity contribution < 1.29 is 4.79 Å². The highest BCUT2D eigenvalue weighted by Gasteiger charge is 2.39. The number of amides is 1. The van der Waals surface area contributed by atoms with Crippen LogP contribution in [0.1, 0.15) is 36.2 Å². The molecule has 3 nitrogen and oxygen atoms in total. The summed E-state index contributed by atoms with van der Waals surface area (Å²) >= 11 is 0. The normalized spacial score (nSPS) is 20.9. The summed E-state index contributed by atoms with van der Waals surface area (Å²) in [5.41, 5.74) is 2.46. The molecule has 1 amide bonds. The van der Waals surface area contributed by atoms with Gasteiger partial charge in [0.25, 0.3) is 5.91 Å². The topological polar surface area (TPSA) is 32.3 Å². The van der Waals surface area contributed by atoms with E-state index in [0.29, 0.717) is 6.54 Å². The van der Waals surface area contributed by atoms with Crippen LogP contribution in [0.25, 0.3) is 0 Å². The number of para-hydroxylation sites is 1. The van der Waals surface area contributed by atoms with Crippen LogP contribution in [-0.2, 0) is 6.54 Å². The van der Waals surface area contributed by atoms with Crippen molar-refractivity contribution in [2.24, 2.45) is 0 Å². The Kier molecular flexibility index (Phi) is 3.42. The van der Waals surface area contributed by atoms with Gasteiger partial charge < -0.3 is 10.2 Å². The third-order valence-electron chi connectivity index (χ3n) is 4.27. The van der Waals surface area contributed by atoms with Crippen LogP contribution in [0.15, 0.2) is 54.6 Å². The second-order valence-corrected chi connectivity index (χ2v) is 5.67. The number of anilines is 1. The average Bonchev–Trinajstić information content (AvgIpc) is 2.52. The van der Waals surface area contributed by atoms with E-state index in [9.17, 15) is 4.79 Å². The highest BCUT2D eigenvalue weighted by atomic mass is 16.2. The van der Waals surface area contributed by atoms with Crippen LogP contribution in [0, 0.1) is 0 Å². The predicted octanol–water partition coefficient (Wildman–Crippen LogP) is 3.88. The van der Waals surface area contributed by atoms with Gasteiger partial charge in [0.15, 0.2) is 0 Å². The molecule has 0 saturated heterocycles. The lowest BCUT2D eigenvalue weighted by atomic mass is 9.97. The molecule has 2 aromatic rings. The zero-order valence-electron chi connectivity index (χ0n) is 12.5. The second-order valence-electron chi connectivity index (χ2n) is 5.67. The van der Waals surface area contributed by atoms with Crippen molar-refractivity contribution in [3.63, 3.8) is 0 Å². The molecule has 1 aliphatic heterocycles. The number of hydrogen-bond acceptors (Lipinski definition) is 2. The number of carbonyl (C=O) groups is 1. The van der Waals surface area contributed by atoms with Crippen LogP contribution in [-0.4, -0.2) is 16.5 Å². The molecule has 0 aromatic heterocycles. The molecule has 0 saturated carbocycles. The summed E-state index contributed by atoms with van der Waals surface area (Å²) in [6, 6.07) is 17.9. The zero-order chi connectivity index (χ0) is 14.9. The summed E-state index contributed by atoms with van der Waals surface area (Å²) < 4.78 is 0. The average molecular weight is 280 g/mol. The van der Waals surface area contributed by atoms with Gasteiger partial charge in [-0.3, -0.25) is 4.79 Å². The minimum Gasteiger partial charge on any atom is -0.362 e. The van der Waals surface area contributed by atoms with Gasteiger partial charge in [0.1, 0.15) is 5.66 Å². The predicted molar refractivity (Wildman–Crippen MR) is 85.1 cm³/mol. The number of benzene rings is 2. The Morgan fingerprint density at radius 1 is 1.05 bits per heavy atom. The highest BCUT2D eigenvalue weighted by molar-refractivity contribution is 6.02. The smallest absolute Gasteiger partial charge is 0.258 e. The van der Waals surface area contributed by atoms with E-state index in [1.807, 2.05) is 47.4 Å². The molecule has 1 N–H and O–H groups in total.